The lowest BCUT2D eigenvalue weighted by Crippen LogP contribution is -2.22. The van der Waals surface area contributed by atoms with Gasteiger partial charge in [-0.3, -0.25) is 9.78 Å². The number of hydrogen-bond acceptors (Lipinski definition) is 9. The van der Waals surface area contributed by atoms with E-state index in [0.717, 1.165) is 54.5 Å². The van der Waals surface area contributed by atoms with Gasteiger partial charge in [-0.15, -0.1) is 0 Å². The number of alkyl halides is 3. The smallest absolute Gasteiger partial charge is 0.416 e. The summed E-state index contributed by atoms with van der Waals surface area (Å²) in [5.74, 6) is -1.23. The SMILES string of the molecule is CCN(CC)c1ccc(NC(=O)c2cccc(CCCOCCOCCOCCOCCNc3ccc(C(=O)O)cc3)c2)c(-c2cc(Cc3cccc(C(F)(F)F)c3)ccn2)c1. The van der Waals surface area contributed by atoms with E-state index in [-0.39, 0.29) is 17.9 Å². The Kier molecular flexibility index (Phi) is 18.7. The van der Waals surface area contributed by atoms with Gasteiger partial charge in [-0.2, -0.15) is 13.2 Å². The maximum atomic E-state index is 13.7. The van der Waals surface area contributed by atoms with Gasteiger partial charge in [-0.1, -0.05) is 30.3 Å². The van der Waals surface area contributed by atoms with Crippen LogP contribution in [-0.2, 0) is 38.0 Å². The largest absolute Gasteiger partial charge is 0.478 e. The third-order valence-electron chi connectivity index (χ3n) is 9.91. The molecule has 11 nitrogen and oxygen atoms in total. The maximum Gasteiger partial charge on any atom is 0.416 e. The molecule has 0 saturated carbocycles. The first kappa shape index (κ1) is 47.3. The van der Waals surface area contributed by atoms with Crippen molar-refractivity contribution in [1.29, 1.82) is 0 Å². The summed E-state index contributed by atoms with van der Waals surface area (Å²) in [4.78, 5) is 31.4. The number of nitrogens with zero attached hydrogens (tertiary/aromatic N) is 2. The number of nitrogens with one attached hydrogen (secondary N) is 2. The van der Waals surface area contributed by atoms with Crippen LogP contribution in [0.2, 0.25) is 0 Å². The normalized spacial score (nSPS) is 11.4. The highest BCUT2D eigenvalue weighted by Gasteiger charge is 2.30. The predicted octanol–water partition coefficient (Wildman–Crippen LogP) is 9.27. The second-order valence-electron chi connectivity index (χ2n) is 14.3. The Bertz CT molecular complexity index is 2160. The molecule has 0 fully saturated rings. The number of carbonyl (C=O) groups excluding carboxylic acids is 1. The molecule has 3 N–H and O–H groups in total. The average molecular weight is 857 g/mol. The van der Waals surface area contributed by atoms with E-state index in [2.05, 4.69) is 34.4 Å². The number of ether oxygens (including phenoxy) is 4. The van der Waals surface area contributed by atoms with Gasteiger partial charge in [0.1, 0.15) is 0 Å². The van der Waals surface area contributed by atoms with Crippen LogP contribution in [0.3, 0.4) is 0 Å². The summed E-state index contributed by atoms with van der Waals surface area (Å²) in [7, 11) is 0. The Morgan fingerprint density at radius 2 is 1.34 bits per heavy atom. The number of hydrogen-bond donors (Lipinski definition) is 3. The van der Waals surface area contributed by atoms with Crippen LogP contribution >= 0.6 is 0 Å². The lowest BCUT2D eigenvalue weighted by Gasteiger charge is -2.23. The first-order chi connectivity index (χ1) is 30.0. The Morgan fingerprint density at radius 1 is 0.694 bits per heavy atom. The molecule has 0 spiro atoms. The lowest BCUT2D eigenvalue weighted by atomic mass is 10.00. The third kappa shape index (κ3) is 15.3. The molecule has 0 aliphatic rings. The monoisotopic (exact) mass is 856 g/mol. The number of halogens is 3. The Hall–Kier alpha value is -5.80. The minimum atomic E-state index is -4.43. The molecule has 1 amide bonds. The standard InChI is InChI=1S/C48H55F3N4O7/c1-3-55(4-2)42-17-18-44(43(34-42)45-33-37(19-20-53-45)30-36-9-6-12-40(32-36)48(49,50)51)54-46(56)39-11-5-8-35(31-39)10-7-22-59-24-26-61-28-29-62-27-25-60-23-21-52-41-15-13-38(14-16-41)47(57)58/h5-6,8-9,11-20,31-34,52H,3-4,7,10,21-30H2,1-2H3,(H,54,56)(H,57,58). The van der Waals surface area contributed by atoms with Gasteiger partial charge in [0.05, 0.1) is 68.8 Å². The number of pyridine rings is 1. The van der Waals surface area contributed by atoms with Gasteiger partial charge < -0.3 is 39.6 Å². The molecule has 0 atom stereocenters. The number of carboxylic acid groups (broad SMARTS) is 1. The highest BCUT2D eigenvalue weighted by molar-refractivity contribution is 6.06. The Morgan fingerprint density at radius 3 is 2.02 bits per heavy atom. The zero-order valence-corrected chi connectivity index (χ0v) is 35.2. The molecular weight excluding hydrogens is 802 g/mol. The molecule has 5 rings (SSSR count). The molecule has 5 aromatic rings. The number of rotatable bonds is 26. The molecule has 0 unspecified atom stereocenters. The molecule has 1 heterocycles. The van der Waals surface area contributed by atoms with E-state index in [4.69, 9.17) is 24.1 Å². The fourth-order valence-corrected chi connectivity index (χ4v) is 6.66. The van der Waals surface area contributed by atoms with Crippen LogP contribution in [0.5, 0.6) is 0 Å². The van der Waals surface area contributed by atoms with Crippen LogP contribution < -0.4 is 15.5 Å². The molecule has 14 heteroatoms. The van der Waals surface area contributed by atoms with Crippen molar-refractivity contribution in [2.45, 2.75) is 39.3 Å². The van der Waals surface area contributed by atoms with Gasteiger partial charge >= 0.3 is 12.1 Å². The summed E-state index contributed by atoms with van der Waals surface area (Å²) >= 11 is 0. The average Bonchev–Trinajstić information content (AvgIpc) is 3.27. The molecule has 0 aliphatic carbocycles. The minimum Gasteiger partial charge on any atom is -0.478 e. The number of aromatic carboxylic acids is 1. The predicted molar refractivity (Wildman–Crippen MR) is 235 cm³/mol. The molecule has 1 aromatic heterocycles. The van der Waals surface area contributed by atoms with E-state index in [9.17, 15) is 22.8 Å². The topological polar surface area (TPSA) is 131 Å². The first-order valence-electron chi connectivity index (χ1n) is 20.8. The van der Waals surface area contributed by atoms with Crippen molar-refractivity contribution in [3.05, 3.63) is 143 Å². The Labute approximate surface area is 361 Å². The summed E-state index contributed by atoms with van der Waals surface area (Å²) in [5, 5.41) is 15.2. The van der Waals surface area contributed by atoms with Gasteiger partial charge in [0.25, 0.3) is 5.91 Å². The van der Waals surface area contributed by atoms with E-state index >= 15 is 0 Å². The fourth-order valence-electron chi connectivity index (χ4n) is 6.66. The van der Waals surface area contributed by atoms with E-state index in [1.165, 1.54) is 12.1 Å². The summed E-state index contributed by atoms with van der Waals surface area (Å²) in [5.41, 5.74) is 6.05. The van der Waals surface area contributed by atoms with Crippen molar-refractivity contribution >= 4 is 28.9 Å². The molecule has 0 saturated heterocycles. The van der Waals surface area contributed by atoms with Crippen molar-refractivity contribution in [2.75, 3.05) is 88.0 Å². The third-order valence-corrected chi connectivity index (χ3v) is 9.91. The summed E-state index contributed by atoms with van der Waals surface area (Å²) in [6.07, 6.45) is -1.01. The van der Waals surface area contributed by atoms with Gasteiger partial charge in [0, 0.05) is 54.9 Å². The van der Waals surface area contributed by atoms with Crippen LogP contribution in [0.4, 0.5) is 30.2 Å². The second-order valence-corrected chi connectivity index (χ2v) is 14.3. The number of aryl methyl sites for hydroxylation is 1. The molecule has 62 heavy (non-hydrogen) atoms. The minimum absolute atomic E-state index is 0.243. The van der Waals surface area contributed by atoms with Crippen LogP contribution in [-0.4, -0.2) is 94.5 Å². The van der Waals surface area contributed by atoms with Crippen LogP contribution in [0.15, 0.2) is 109 Å². The maximum absolute atomic E-state index is 13.7. The van der Waals surface area contributed by atoms with E-state index in [0.29, 0.717) is 87.5 Å². The highest BCUT2D eigenvalue weighted by atomic mass is 19.4. The van der Waals surface area contributed by atoms with Crippen molar-refractivity contribution in [2.24, 2.45) is 0 Å². The van der Waals surface area contributed by atoms with Crippen LogP contribution in [0.25, 0.3) is 11.3 Å². The van der Waals surface area contributed by atoms with E-state index in [1.807, 2.05) is 42.5 Å². The molecule has 4 aromatic carbocycles. The van der Waals surface area contributed by atoms with Crippen LogP contribution in [0.1, 0.15) is 63.2 Å². The van der Waals surface area contributed by atoms with Crippen LogP contribution in [0, 0.1) is 0 Å². The second kappa shape index (κ2) is 24.6. The summed E-state index contributed by atoms with van der Waals surface area (Å²) < 4.78 is 62.6. The lowest BCUT2D eigenvalue weighted by molar-refractivity contribution is -0.137. The number of anilines is 3. The molecule has 0 aliphatic heterocycles. The van der Waals surface area contributed by atoms with Gasteiger partial charge in [-0.25, -0.2) is 4.79 Å². The van der Waals surface area contributed by atoms with E-state index in [1.54, 1.807) is 48.7 Å². The van der Waals surface area contributed by atoms with Crippen molar-refractivity contribution in [3.8, 4) is 11.3 Å². The van der Waals surface area contributed by atoms with E-state index < -0.39 is 17.7 Å². The van der Waals surface area contributed by atoms with Gasteiger partial charge in [0.2, 0.25) is 0 Å². The number of aromatic nitrogens is 1. The summed E-state index contributed by atoms with van der Waals surface area (Å²) in [6.45, 7) is 10.0. The van der Waals surface area contributed by atoms with Crippen molar-refractivity contribution < 1.29 is 46.8 Å². The number of benzene rings is 4. The molecule has 330 valence electrons. The number of carboxylic acids is 1. The van der Waals surface area contributed by atoms with Crippen molar-refractivity contribution in [3.63, 3.8) is 0 Å². The zero-order valence-electron chi connectivity index (χ0n) is 35.2. The zero-order chi connectivity index (χ0) is 44.2. The molecule has 0 bridgehead atoms. The number of amides is 1. The van der Waals surface area contributed by atoms with Gasteiger partial charge in [-0.05, 0) is 123 Å². The van der Waals surface area contributed by atoms with Gasteiger partial charge in [0.15, 0.2) is 0 Å². The fraction of sp³-hybridized carbons (Fsp3) is 0.354. The molecule has 0 radical (unpaired) electrons. The quantitative estimate of drug-likeness (QED) is 0.0463. The van der Waals surface area contributed by atoms with Crippen molar-refractivity contribution in [1.82, 2.24) is 4.98 Å². The first-order valence-corrected chi connectivity index (χ1v) is 20.8. The number of carbonyl (C=O) groups is 2. The molecular formula is C48H55F3N4O7. The summed E-state index contributed by atoms with van der Waals surface area (Å²) in [6, 6.07) is 28.8. The highest BCUT2D eigenvalue weighted by Crippen LogP contribution is 2.33. The Balaban J connectivity index is 1.02.